The van der Waals surface area contributed by atoms with Crippen molar-refractivity contribution in [1.29, 1.82) is 0 Å². The summed E-state index contributed by atoms with van der Waals surface area (Å²) in [5.74, 6) is -0.457. The van der Waals surface area contributed by atoms with Crippen LogP contribution in [0.25, 0.3) is 0 Å². The number of aldehydes is 1. The van der Waals surface area contributed by atoms with Crippen LogP contribution in [0.5, 0.6) is 11.5 Å². The van der Waals surface area contributed by atoms with Crippen LogP contribution in [0.1, 0.15) is 22.8 Å². The third kappa shape index (κ3) is 3.21. The van der Waals surface area contributed by atoms with Gasteiger partial charge in [-0.3, -0.25) is 9.59 Å². The number of carbonyl (C=O) groups excluding carboxylic acids is 2. The lowest BCUT2D eigenvalue weighted by molar-refractivity contribution is -0.142. The van der Waals surface area contributed by atoms with Gasteiger partial charge in [-0.2, -0.15) is 0 Å². The zero-order valence-corrected chi connectivity index (χ0v) is 9.73. The molecule has 1 aromatic carbocycles. The zero-order valence-electron chi connectivity index (χ0n) is 9.73. The molecule has 0 atom stereocenters. The normalized spacial score (nSPS) is 9.76. The number of hydrogen-bond donors (Lipinski definition) is 1. The van der Waals surface area contributed by atoms with Crippen molar-refractivity contribution in [3.63, 3.8) is 0 Å². The Morgan fingerprint density at radius 3 is 2.71 bits per heavy atom. The van der Waals surface area contributed by atoms with Crippen molar-refractivity contribution in [2.24, 2.45) is 0 Å². The van der Waals surface area contributed by atoms with Crippen molar-refractivity contribution < 1.29 is 24.2 Å². The molecule has 17 heavy (non-hydrogen) atoms. The highest BCUT2D eigenvalue weighted by atomic mass is 16.5. The monoisotopic (exact) mass is 238 g/mol. The maximum atomic E-state index is 11.3. The number of phenols is 1. The second kappa shape index (κ2) is 5.89. The number of rotatable bonds is 5. The van der Waals surface area contributed by atoms with Crippen LogP contribution in [0.2, 0.25) is 0 Å². The van der Waals surface area contributed by atoms with Crippen LogP contribution in [0.4, 0.5) is 0 Å². The van der Waals surface area contributed by atoms with Gasteiger partial charge in [-0.1, -0.05) is 0 Å². The Morgan fingerprint density at radius 2 is 2.18 bits per heavy atom. The van der Waals surface area contributed by atoms with Crippen LogP contribution < -0.4 is 4.74 Å². The van der Waals surface area contributed by atoms with Crippen LogP contribution in [-0.2, 0) is 16.0 Å². The first-order valence-electron chi connectivity index (χ1n) is 5.13. The summed E-state index contributed by atoms with van der Waals surface area (Å²) in [6.45, 7) is 2.01. The second-order valence-electron chi connectivity index (χ2n) is 3.34. The molecule has 5 nitrogen and oxygen atoms in total. The van der Waals surface area contributed by atoms with E-state index in [0.717, 1.165) is 0 Å². The molecule has 0 radical (unpaired) electrons. The summed E-state index contributed by atoms with van der Waals surface area (Å²) in [5, 5.41) is 9.58. The molecule has 0 heterocycles. The van der Waals surface area contributed by atoms with Gasteiger partial charge in [0.1, 0.15) is 0 Å². The molecule has 0 aliphatic rings. The fourth-order valence-electron chi connectivity index (χ4n) is 1.41. The van der Waals surface area contributed by atoms with Crippen LogP contribution in [0.15, 0.2) is 12.1 Å². The van der Waals surface area contributed by atoms with Crippen molar-refractivity contribution in [2.75, 3.05) is 13.7 Å². The van der Waals surface area contributed by atoms with Crippen molar-refractivity contribution in [2.45, 2.75) is 13.3 Å². The maximum Gasteiger partial charge on any atom is 0.310 e. The number of methoxy groups -OCH3 is 1. The van der Waals surface area contributed by atoms with Crippen molar-refractivity contribution in [3.8, 4) is 11.5 Å². The SMILES string of the molecule is CCOC(=O)Cc1cc(C=O)c(O)c(OC)c1. The van der Waals surface area contributed by atoms with Gasteiger partial charge in [0.2, 0.25) is 0 Å². The van der Waals surface area contributed by atoms with Gasteiger partial charge >= 0.3 is 5.97 Å². The van der Waals surface area contributed by atoms with Crippen LogP contribution in [-0.4, -0.2) is 31.1 Å². The first-order valence-corrected chi connectivity index (χ1v) is 5.13. The highest BCUT2D eigenvalue weighted by molar-refractivity contribution is 5.82. The molecule has 1 rings (SSSR count). The van der Waals surface area contributed by atoms with Crippen molar-refractivity contribution in [3.05, 3.63) is 23.3 Å². The first-order chi connectivity index (χ1) is 8.12. The molecule has 0 fully saturated rings. The molecule has 1 aromatic rings. The second-order valence-corrected chi connectivity index (χ2v) is 3.34. The topological polar surface area (TPSA) is 72.8 Å². The molecule has 0 bridgehead atoms. The van der Waals surface area contributed by atoms with Crippen molar-refractivity contribution in [1.82, 2.24) is 0 Å². The van der Waals surface area contributed by atoms with Gasteiger partial charge in [0, 0.05) is 0 Å². The molecular weight excluding hydrogens is 224 g/mol. The highest BCUT2D eigenvalue weighted by Crippen LogP contribution is 2.30. The Labute approximate surface area is 99.0 Å². The molecule has 0 amide bonds. The van der Waals surface area contributed by atoms with Gasteiger partial charge in [0.05, 0.1) is 25.7 Å². The van der Waals surface area contributed by atoms with Gasteiger partial charge in [0.25, 0.3) is 0 Å². The van der Waals surface area contributed by atoms with Gasteiger partial charge < -0.3 is 14.6 Å². The zero-order chi connectivity index (χ0) is 12.8. The third-order valence-corrected chi connectivity index (χ3v) is 2.16. The summed E-state index contributed by atoms with van der Waals surface area (Å²) in [6, 6.07) is 2.93. The largest absolute Gasteiger partial charge is 0.504 e. The molecule has 92 valence electrons. The van der Waals surface area contributed by atoms with Gasteiger partial charge in [-0.15, -0.1) is 0 Å². The molecule has 1 N–H and O–H groups in total. The maximum absolute atomic E-state index is 11.3. The fraction of sp³-hybridized carbons (Fsp3) is 0.333. The Morgan fingerprint density at radius 1 is 1.47 bits per heavy atom. The molecule has 0 aromatic heterocycles. The predicted molar refractivity (Wildman–Crippen MR) is 60.4 cm³/mol. The molecule has 0 aliphatic heterocycles. The quantitative estimate of drug-likeness (QED) is 0.618. The number of esters is 1. The lowest BCUT2D eigenvalue weighted by Gasteiger charge is -2.08. The number of aromatic hydroxyl groups is 1. The summed E-state index contributed by atoms with van der Waals surface area (Å²) in [5.41, 5.74) is 0.642. The van der Waals surface area contributed by atoms with E-state index in [4.69, 9.17) is 9.47 Å². The van der Waals surface area contributed by atoms with E-state index in [9.17, 15) is 14.7 Å². The minimum Gasteiger partial charge on any atom is -0.504 e. The fourth-order valence-corrected chi connectivity index (χ4v) is 1.41. The standard InChI is InChI=1S/C12H14O5/c1-3-17-11(14)6-8-4-9(7-13)12(15)10(5-8)16-2/h4-5,7,15H,3,6H2,1-2H3. The third-order valence-electron chi connectivity index (χ3n) is 2.16. The minimum absolute atomic E-state index is 0.0331. The summed E-state index contributed by atoms with van der Waals surface area (Å²) < 4.78 is 9.70. The van der Waals surface area contributed by atoms with Crippen LogP contribution >= 0.6 is 0 Å². The van der Waals surface area contributed by atoms with Crippen LogP contribution in [0, 0.1) is 0 Å². The Hall–Kier alpha value is -2.04. The van der Waals surface area contributed by atoms with Gasteiger partial charge in [0.15, 0.2) is 17.8 Å². The van der Waals surface area contributed by atoms with Gasteiger partial charge in [-0.05, 0) is 24.6 Å². The molecule has 0 unspecified atom stereocenters. The van der Waals surface area contributed by atoms with E-state index in [1.54, 1.807) is 6.92 Å². The Bertz CT molecular complexity index is 425. The molecular formula is C12H14O5. The number of carbonyl (C=O) groups is 2. The van der Waals surface area contributed by atoms with Crippen molar-refractivity contribution >= 4 is 12.3 Å². The van der Waals surface area contributed by atoms with Gasteiger partial charge in [-0.25, -0.2) is 0 Å². The average molecular weight is 238 g/mol. The summed E-state index contributed by atoms with van der Waals surface area (Å²) in [6.07, 6.45) is 0.540. The number of benzene rings is 1. The smallest absolute Gasteiger partial charge is 0.310 e. The molecule has 0 aliphatic carbocycles. The molecule has 0 spiro atoms. The minimum atomic E-state index is -0.392. The summed E-state index contributed by atoms with van der Waals surface area (Å²) in [4.78, 5) is 22.0. The number of ether oxygens (including phenoxy) is 2. The van der Waals surface area contributed by atoms with E-state index < -0.39 is 5.97 Å². The van der Waals surface area contributed by atoms with Crippen LogP contribution in [0.3, 0.4) is 0 Å². The Kier molecular flexibility index (Phi) is 4.51. The Balaban J connectivity index is 3.00. The predicted octanol–water partition coefficient (Wildman–Crippen LogP) is 1.32. The number of phenolic OH excluding ortho intramolecular Hbond substituents is 1. The van der Waals surface area contributed by atoms with E-state index in [1.165, 1.54) is 19.2 Å². The molecule has 5 heteroatoms. The summed E-state index contributed by atoms with van der Waals surface area (Å²) in [7, 11) is 1.37. The van der Waals surface area contributed by atoms with E-state index in [-0.39, 0.29) is 23.5 Å². The number of hydrogen-bond acceptors (Lipinski definition) is 5. The molecule has 0 saturated carbocycles. The molecule has 0 saturated heterocycles. The first kappa shape index (κ1) is 13.0. The summed E-state index contributed by atoms with van der Waals surface area (Å²) >= 11 is 0. The van der Waals surface area contributed by atoms with E-state index in [1.807, 2.05) is 0 Å². The van der Waals surface area contributed by atoms with E-state index in [2.05, 4.69) is 0 Å². The average Bonchev–Trinajstić information content (AvgIpc) is 2.31. The van der Waals surface area contributed by atoms with E-state index in [0.29, 0.717) is 18.5 Å². The highest BCUT2D eigenvalue weighted by Gasteiger charge is 2.12. The lowest BCUT2D eigenvalue weighted by atomic mass is 10.1. The van der Waals surface area contributed by atoms with E-state index >= 15 is 0 Å². The lowest BCUT2D eigenvalue weighted by Crippen LogP contribution is -2.08.